The highest BCUT2D eigenvalue weighted by molar-refractivity contribution is 5.99. The Labute approximate surface area is 121 Å². The van der Waals surface area contributed by atoms with Gasteiger partial charge in [-0.15, -0.1) is 0 Å². The van der Waals surface area contributed by atoms with Crippen LogP contribution in [0.15, 0.2) is 30.5 Å². The van der Waals surface area contributed by atoms with Gasteiger partial charge in [0.1, 0.15) is 5.82 Å². The fourth-order valence-electron chi connectivity index (χ4n) is 2.46. The zero-order valence-corrected chi connectivity index (χ0v) is 11.7. The van der Waals surface area contributed by atoms with Crippen LogP contribution < -0.4 is 0 Å². The quantitative estimate of drug-likeness (QED) is 0.921. The smallest absolute Gasteiger partial charge is 0.257 e. The highest BCUT2D eigenvalue weighted by Gasteiger charge is 2.25. The molecule has 110 valence electrons. The Hall–Kier alpha value is -2.21. The summed E-state index contributed by atoms with van der Waals surface area (Å²) in [5.74, 6) is -0.397. The van der Waals surface area contributed by atoms with E-state index >= 15 is 0 Å². The van der Waals surface area contributed by atoms with Crippen LogP contribution >= 0.6 is 0 Å². The van der Waals surface area contributed by atoms with Crippen LogP contribution in [0.1, 0.15) is 17.3 Å². The van der Waals surface area contributed by atoms with Gasteiger partial charge in [0.25, 0.3) is 5.91 Å². The van der Waals surface area contributed by atoms with Crippen molar-refractivity contribution in [1.82, 2.24) is 15.1 Å². The van der Waals surface area contributed by atoms with Crippen molar-refractivity contribution in [3.05, 3.63) is 41.8 Å². The molecule has 21 heavy (non-hydrogen) atoms. The number of ether oxygens (including phenoxy) is 1. The van der Waals surface area contributed by atoms with Gasteiger partial charge in [0.2, 0.25) is 0 Å². The number of rotatable bonds is 2. The number of benzene rings is 1. The number of hydrogen-bond donors (Lipinski definition) is 1. The summed E-state index contributed by atoms with van der Waals surface area (Å²) in [5, 5.41) is 6.78. The standard InChI is InChI=1S/C15H16FN3O2/c1-10-9-19(6-7-21-10)15(20)13-8-17-18-14(13)11-2-4-12(16)5-3-11/h2-5,8,10H,6-7,9H2,1H3,(H,17,18). The summed E-state index contributed by atoms with van der Waals surface area (Å²) in [7, 11) is 0. The van der Waals surface area contributed by atoms with E-state index in [1.165, 1.54) is 18.3 Å². The van der Waals surface area contributed by atoms with Gasteiger partial charge in [0.15, 0.2) is 0 Å². The van der Waals surface area contributed by atoms with Crippen molar-refractivity contribution in [2.45, 2.75) is 13.0 Å². The maximum absolute atomic E-state index is 13.0. The Morgan fingerprint density at radius 2 is 2.19 bits per heavy atom. The second-order valence-corrected chi connectivity index (χ2v) is 5.10. The molecule has 0 aliphatic carbocycles. The third kappa shape index (κ3) is 2.80. The minimum atomic E-state index is -0.312. The maximum Gasteiger partial charge on any atom is 0.257 e. The monoisotopic (exact) mass is 289 g/mol. The molecule has 2 aromatic rings. The number of hydrogen-bond acceptors (Lipinski definition) is 3. The molecule has 1 N–H and O–H groups in total. The van der Waals surface area contributed by atoms with Crippen LogP contribution in [-0.2, 0) is 4.74 Å². The lowest BCUT2D eigenvalue weighted by molar-refractivity contribution is -0.0123. The topological polar surface area (TPSA) is 58.2 Å². The second-order valence-electron chi connectivity index (χ2n) is 5.10. The van der Waals surface area contributed by atoms with Crippen molar-refractivity contribution in [2.24, 2.45) is 0 Å². The molecule has 0 radical (unpaired) electrons. The first-order chi connectivity index (χ1) is 10.1. The maximum atomic E-state index is 13.0. The second kappa shape index (κ2) is 5.65. The third-order valence-corrected chi connectivity index (χ3v) is 3.53. The van der Waals surface area contributed by atoms with E-state index in [1.54, 1.807) is 17.0 Å². The largest absolute Gasteiger partial charge is 0.375 e. The summed E-state index contributed by atoms with van der Waals surface area (Å²) in [6.07, 6.45) is 1.55. The van der Waals surface area contributed by atoms with Crippen LogP contribution in [0.25, 0.3) is 11.3 Å². The molecule has 1 aromatic heterocycles. The van der Waals surface area contributed by atoms with Crippen LogP contribution in [0.3, 0.4) is 0 Å². The lowest BCUT2D eigenvalue weighted by Gasteiger charge is -2.31. The van der Waals surface area contributed by atoms with E-state index in [2.05, 4.69) is 10.2 Å². The van der Waals surface area contributed by atoms with E-state index in [-0.39, 0.29) is 17.8 Å². The summed E-state index contributed by atoms with van der Waals surface area (Å²) in [5.41, 5.74) is 1.84. The number of carbonyl (C=O) groups is 1. The van der Waals surface area contributed by atoms with Crippen LogP contribution in [0.2, 0.25) is 0 Å². The van der Waals surface area contributed by atoms with Gasteiger partial charge in [0.05, 0.1) is 30.2 Å². The molecule has 1 fully saturated rings. The molecule has 5 nitrogen and oxygen atoms in total. The van der Waals surface area contributed by atoms with Crippen molar-refractivity contribution < 1.29 is 13.9 Å². The fraction of sp³-hybridized carbons (Fsp3) is 0.333. The van der Waals surface area contributed by atoms with Crippen molar-refractivity contribution in [1.29, 1.82) is 0 Å². The van der Waals surface area contributed by atoms with Crippen molar-refractivity contribution in [3.63, 3.8) is 0 Å². The van der Waals surface area contributed by atoms with Crippen LogP contribution in [0.4, 0.5) is 4.39 Å². The molecule has 1 amide bonds. The molecule has 1 unspecified atom stereocenters. The zero-order valence-electron chi connectivity index (χ0n) is 11.7. The number of morpholine rings is 1. The van der Waals surface area contributed by atoms with E-state index in [1.807, 2.05) is 6.92 Å². The van der Waals surface area contributed by atoms with E-state index in [0.29, 0.717) is 31.0 Å². The number of nitrogens with zero attached hydrogens (tertiary/aromatic N) is 2. The summed E-state index contributed by atoms with van der Waals surface area (Å²) >= 11 is 0. The SMILES string of the molecule is CC1CN(C(=O)c2cn[nH]c2-c2ccc(F)cc2)CCO1. The molecule has 0 saturated carbocycles. The first kappa shape index (κ1) is 13.8. The number of amides is 1. The Morgan fingerprint density at radius 3 is 2.90 bits per heavy atom. The van der Waals surface area contributed by atoms with Gasteiger partial charge in [-0.25, -0.2) is 4.39 Å². The number of aromatic nitrogens is 2. The van der Waals surface area contributed by atoms with Gasteiger partial charge < -0.3 is 9.64 Å². The first-order valence-corrected chi connectivity index (χ1v) is 6.85. The van der Waals surface area contributed by atoms with E-state index in [0.717, 1.165) is 5.56 Å². The minimum Gasteiger partial charge on any atom is -0.375 e. The highest BCUT2D eigenvalue weighted by Crippen LogP contribution is 2.23. The summed E-state index contributed by atoms with van der Waals surface area (Å²) in [6.45, 7) is 3.61. The Balaban J connectivity index is 1.88. The molecule has 1 atom stereocenters. The Morgan fingerprint density at radius 1 is 1.43 bits per heavy atom. The van der Waals surface area contributed by atoms with Gasteiger partial charge >= 0.3 is 0 Å². The lowest BCUT2D eigenvalue weighted by Crippen LogP contribution is -2.44. The van der Waals surface area contributed by atoms with E-state index in [9.17, 15) is 9.18 Å². The molecule has 1 aliphatic rings. The molecule has 1 saturated heterocycles. The molecule has 2 heterocycles. The molecule has 1 aromatic carbocycles. The van der Waals surface area contributed by atoms with Crippen molar-refractivity contribution >= 4 is 5.91 Å². The fourth-order valence-corrected chi connectivity index (χ4v) is 2.46. The highest BCUT2D eigenvalue weighted by atomic mass is 19.1. The summed E-state index contributed by atoms with van der Waals surface area (Å²) in [4.78, 5) is 14.4. The summed E-state index contributed by atoms with van der Waals surface area (Å²) < 4.78 is 18.5. The normalized spacial score (nSPS) is 18.8. The predicted molar refractivity (Wildman–Crippen MR) is 75.3 cm³/mol. The number of nitrogens with one attached hydrogen (secondary N) is 1. The predicted octanol–water partition coefficient (Wildman–Crippen LogP) is 2.08. The third-order valence-electron chi connectivity index (χ3n) is 3.53. The van der Waals surface area contributed by atoms with Gasteiger partial charge in [-0.1, -0.05) is 0 Å². The molecule has 6 heteroatoms. The van der Waals surface area contributed by atoms with Gasteiger partial charge in [0, 0.05) is 18.7 Å². The average Bonchev–Trinajstić information content (AvgIpc) is 2.96. The van der Waals surface area contributed by atoms with Gasteiger partial charge in [-0.2, -0.15) is 5.10 Å². The number of aromatic amines is 1. The lowest BCUT2D eigenvalue weighted by atomic mass is 10.1. The number of H-pyrrole nitrogens is 1. The molecule has 1 aliphatic heterocycles. The first-order valence-electron chi connectivity index (χ1n) is 6.85. The Kier molecular flexibility index (Phi) is 3.70. The zero-order chi connectivity index (χ0) is 14.8. The molecule has 3 rings (SSSR count). The van der Waals surface area contributed by atoms with Gasteiger partial charge in [-0.05, 0) is 31.2 Å². The average molecular weight is 289 g/mol. The van der Waals surface area contributed by atoms with Crippen LogP contribution in [-0.4, -0.2) is 46.8 Å². The van der Waals surface area contributed by atoms with Gasteiger partial charge in [-0.3, -0.25) is 9.89 Å². The van der Waals surface area contributed by atoms with Crippen LogP contribution in [0.5, 0.6) is 0 Å². The van der Waals surface area contributed by atoms with Crippen LogP contribution in [0, 0.1) is 5.82 Å². The molecule has 0 bridgehead atoms. The molecular weight excluding hydrogens is 273 g/mol. The molecule has 0 spiro atoms. The number of carbonyl (C=O) groups excluding carboxylic acids is 1. The van der Waals surface area contributed by atoms with E-state index in [4.69, 9.17) is 4.74 Å². The molecular formula is C15H16FN3O2. The number of halogens is 1. The minimum absolute atomic E-state index is 0.0314. The Bertz CT molecular complexity index is 639. The van der Waals surface area contributed by atoms with E-state index < -0.39 is 0 Å². The van der Waals surface area contributed by atoms with Crippen molar-refractivity contribution in [2.75, 3.05) is 19.7 Å². The summed E-state index contributed by atoms with van der Waals surface area (Å²) in [6, 6.07) is 5.98. The van der Waals surface area contributed by atoms with Crippen molar-refractivity contribution in [3.8, 4) is 11.3 Å².